The molecule has 1 N–H and O–H groups in total. The number of nitrogens with zero attached hydrogens (tertiary/aromatic N) is 1. The minimum Gasteiger partial charge on any atom is -0.407 e. The first-order chi connectivity index (χ1) is 7.25. The summed E-state index contributed by atoms with van der Waals surface area (Å²) >= 11 is 5.97. The molecule has 5 heteroatoms. The van der Waals surface area contributed by atoms with Crippen LogP contribution in [0.3, 0.4) is 0 Å². The largest absolute Gasteiger partial charge is 0.417 e. The first-order valence-electron chi connectivity index (χ1n) is 4.32. The molecule has 0 spiro atoms. The zero-order valence-corrected chi connectivity index (χ0v) is 8.21. The third kappa shape index (κ3) is 1.15. The Labute approximate surface area is 88.5 Å². The van der Waals surface area contributed by atoms with E-state index < -0.39 is 5.76 Å². The molecule has 0 aliphatic heterocycles. The number of aromatic amines is 1. The third-order valence-electron chi connectivity index (χ3n) is 2.23. The van der Waals surface area contributed by atoms with Gasteiger partial charge < -0.3 is 4.42 Å². The van der Waals surface area contributed by atoms with Crippen molar-refractivity contribution in [2.45, 2.75) is 0 Å². The molecule has 74 valence electrons. The van der Waals surface area contributed by atoms with Crippen LogP contribution in [0.25, 0.3) is 22.0 Å². The van der Waals surface area contributed by atoms with Crippen LogP contribution in [0.15, 0.2) is 33.6 Å². The van der Waals surface area contributed by atoms with Crippen molar-refractivity contribution < 1.29 is 4.42 Å². The molecule has 1 aromatic carbocycles. The van der Waals surface area contributed by atoms with Crippen molar-refractivity contribution >= 4 is 33.6 Å². The second-order valence-corrected chi connectivity index (χ2v) is 3.56. The van der Waals surface area contributed by atoms with Crippen molar-refractivity contribution in [2.75, 3.05) is 0 Å². The van der Waals surface area contributed by atoms with Crippen molar-refractivity contribution in [3.8, 4) is 0 Å². The van der Waals surface area contributed by atoms with E-state index in [9.17, 15) is 4.79 Å². The summed E-state index contributed by atoms with van der Waals surface area (Å²) in [6.45, 7) is 0. The Balaban J connectivity index is 2.65. The maximum atomic E-state index is 11.0. The number of oxazole rings is 1. The summed E-state index contributed by atoms with van der Waals surface area (Å²) < 4.78 is 5.03. The van der Waals surface area contributed by atoms with Crippen LogP contribution in [-0.4, -0.2) is 9.97 Å². The molecule has 0 fully saturated rings. The standard InChI is InChI=1S/C10H5ClN2O2/c11-6-3-1-2-5-8(6)12-4-7-9(5)15-10(14)13-7/h1-4H,(H,13,14). The molecule has 4 nitrogen and oxygen atoms in total. The lowest BCUT2D eigenvalue weighted by Gasteiger charge is -1.98. The number of benzene rings is 1. The average Bonchev–Trinajstić information content (AvgIpc) is 2.59. The first kappa shape index (κ1) is 8.49. The number of nitrogens with one attached hydrogen (secondary N) is 1. The zero-order chi connectivity index (χ0) is 10.4. The van der Waals surface area contributed by atoms with E-state index in [-0.39, 0.29) is 0 Å². The monoisotopic (exact) mass is 220 g/mol. The van der Waals surface area contributed by atoms with Gasteiger partial charge >= 0.3 is 5.76 Å². The van der Waals surface area contributed by atoms with E-state index in [2.05, 4.69) is 9.97 Å². The van der Waals surface area contributed by atoms with Crippen LogP contribution in [0.2, 0.25) is 5.02 Å². The predicted octanol–water partition coefficient (Wildman–Crippen LogP) is 2.32. The number of aromatic nitrogens is 2. The highest BCUT2D eigenvalue weighted by Crippen LogP contribution is 2.26. The molecule has 3 aromatic rings. The Kier molecular flexibility index (Phi) is 1.61. The van der Waals surface area contributed by atoms with Gasteiger partial charge in [-0.1, -0.05) is 17.7 Å². The minimum atomic E-state index is -0.487. The van der Waals surface area contributed by atoms with Gasteiger partial charge in [0.15, 0.2) is 5.58 Å². The Bertz CT molecular complexity index is 714. The fourth-order valence-electron chi connectivity index (χ4n) is 1.59. The van der Waals surface area contributed by atoms with Crippen LogP contribution in [0.5, 0.6) is 0 Å². The van der Waals surface area contributed by atoms with Crippen LogP contribution in [0.1, 0.15) is 0 Å². The third-order valence-corrected chi connectivity index (χ3v) is 2.54. The molecule has 0 aliphatic carbocycles. The molecule has 15 heavy (non-hydrogen) atoms. The van der Waals surface area contributed by atoms with E-state index >= 15 is 0 Å². The van der Waals surface area contributed by atoms with Crippen molar-refractivity contribution in [3.05, 3.63) is 40.0 Å². The fraction of sp³-hybridized carbons (Fsp3) is 0. The number of pyridine rings is 1. The lowest BCUT2D eigenvalue weighted by Crippen LogP contribution is -1.92. The van der Waals surface area contributed by atoms with Crippen molar-refractivity contribution in [1.82, 2.24) is 9.97 Å². The number of H-pyrrole nitrogens is 1. The molecule has 2 heterocycles. The van der Waals surface area contributed by atoms with Gasteiger partial charge in [0.05, 0.1) is 16.7 Å². The molecular weight excluding hydrogens is 216 g/mol. The van der Waals surface area contributed by atoms with Crippen LogP contribution in [-0.2, 0) is 0 Å². The highest BCUT2D eigenvalue weighted by Gasteiger charge is 2.08. The molecule has 0 saturated carbocycles. The Hall–Kier alpha value is -1.81. The summed E-state index contributed by atoms with van der Waals surface area (Å²) in [7, 11) is 0. The first-order valence-corrected chi connectivity index (χ1v) is 4.69. The normalized spacial score (nSPS) is 11.3. The van der Waals surface area contributed by atoms with E-state index in [1.54, 1.807) is 12.1 Å². The number of fused-ring (bicyclic) bond motifs is 3. The van der Waals surface area contributed by atoms with E-state index in [1.165, 1.54) is 6.20 Å². The van der Waals surface area contributed by atoms with Gasteiger partial charge in [0.2, 0.25) is 0 Å². The van der Waals surface area contributed by atoms with Crippen molar-refractivity contribution in [2.24, 2.45) is 0 Å². The summed E-state index contributed by atoms with van der Waals surface area (Å²) in [5.41, 5.74) is 1.71. The topological polar surface area (TPSA) is 58.9 Å². The summed E-state index contributed by atoms with van der Waals surface area (Å²) in [5.74, 6) is -0.487. The van der Waals surface area contributed by atoms with Gasteiger partial charge in [-0.25, -0.2) is 4.79 Å². The SMILES string of the molecule is O=c1[nH]c2cnc3c(Cl)cccc3c2o1. The number of para-hydroxylation sites is 1. The molecule has 0 unspecified atom stereocenters. The quantitative estimate of drug-likeness (QED) is 0.633. The van der Waals surface area contributed by atoms with Crippen LogP contribution < -0.4 is 5.76 Å². The molecule has 0 atom stereocenters. The molecule has 0 aliphatic rings. The maximum Gasteiger partial charge on any atom is 0.417 e. The number of hydrogen-bond acceptors (Lipinski definition) is 3. The Morgan fingerprint density at radius 3 is 3.13 bits per heavy atom. The number of rotatable bonds is 0. The summed E-state index contributed by atoms with van der Waals surface area (Å²) in [6.07, 6.45) is 1.54. The summed E-state index contributed by atoms with van der Waals surface area (Å²) in [4.78, 5) is 17.7. The highest BCUT2D eigenvalue weighted by molar-refractivity contribution is 6.35. The average molecular weight is 221 g/mol. The predicted molar refractivity (Wildman–Crippen MR) is 57.1 cm³/mol. The van der Waals surface area contributed by atoms with E-state index in [1.807, 2.05) is 6.07 Å². The van der Waals surface area contributed by atoms with Crippen LogP contribution >= 0.6 is 11.6 Å². The second kappa shape index (κ2) is 2.84. The summed E-state index contributed by atoms with van der Waals surface area (Å²) in [6, 6.07) is 5.35. The Morgan fingerprint density at radius 1 is 1.40 bits per heavy atom. The second-order valence-electron chi connectivity index (χ2n) is 3.15. The molecule has 0 saturated heterocycles. The lowest BCUT2D eigenvalue weighted by atomic mass is 10.2. The van der Waals surface area contributed by atoms with Gasteiger partial charge in [-0.05, 0) is 12.1 Å². The molecule has 3 rings (SSSR count). The highest BCUT2D eigenvalue weighted by atomic mass is 35.5. The van der Waals surface area contributed by atoms with E-state index in [0.29, 0.717) is 21.6 Å². The maximum absolute atomic E-state index is 11.0. The van der Waals surface area contributed by atoms with Gasteiger partial charge in [-0.2, -0.15) is 0 Å². The summed E-state index contributed by atoms with van der Waals surface area (Å²) in [5, 5.41) is 1.27. The van der Waals surface area contributed by atoms with Gasteiger partial charge in [0.1, 0.15) is 5.52 Å². The Morgan fingerprint density at radius 2 is 2.27 bits per heavy atom. The van der Waals surface area contributed by atoms with Crippen LogP contribution in [0.4, 0.5) is 0 Å². The lowest BCUT2D eigenvalue weighted by molar-refractivity contribution is 0.558. The minimum absolute atomic E-state index is 0.487. The van der Waals surface area contributed by atoms with Gasteiger partial charge in [0.25, 0.3) is 0 Å². The molecule has 2 aromatic heterocycles. The fourth-order valence-corrected chi connectivity index (χ4v) is 1.81. The van der Waals surface area contributed by atoms with Gasteiger partial charge in [-0.15, -0.1) is 0 Å². The zero-order valence-electron chi connectivity index (χ0n) is 7.45. The van der Waals surface area contributed by atoms with Crippen LogP contribution in [0, 0.1) is 0 Å². The van der Waals surface area contributed by atoms with Gasteiger partial charge in [0, 0.05) is 5.39 Å². The van der Waals surface area contributed by atoms with Gasteiger partial charge in [-0.3, -0.25) is 9.97 Å². The molecular formula is C10H5ClN2O2. The molecule has 0 amide bonds. The van der Waals surface area contributed by atoms with E-state index in [0.717, 1.165) is 5.39 Å². The van der Waals surface area contributed by atoms with E-state index in [4.69, 9.17) is 16.0 Å². The van der Waals surface area contributed by atoms with Crippen molar-refractivity contribution in [3.63, 3.8) is 0 Å². The molecule has 0 bridgehead atoms. The smallest absolute Gasteiger partial charge is 0.407 e. The molecule has 0 radical (unpaired) electrons. The number of halogens is 1. The number of hydrogen-bond donors (Lipinski definition) is 1. The van der Waals surface area contributed by atoms with Crippen molar-refractivity contribution in [1.29, 1.82) is 0 Å².